The Morgan fingerprint density at radius 2 is 2.36 bits per heavy atom. The molecule has 2 unspecified atom stereocenters. The number of carbonyl (C=O) groups is 1. The molecule has 0 aromatic heterocycles. The molecule has 64 valence electrons. The van der Waals surface area contributed by atoms with Gasteiger partial charge in [0.25, 0.3) is 0 Å². The van der Waals surface area contributed by atoms with Gasteiger partial charge >= 0.3 is 5.97 Å². The fourth-order valence-corrected chi connectivity index (χ4v) is 2.46. The van der Waals surface area contributed by atoms with E-state index < -0.39 is 12.1 Å². The highest BCUT2D eigenvalue weighted by Crippen LogP contribution is 2.29. The van der Waals surface area contributed by atoms with E-state index in [9.17, 15) is 9.18 Å². The average molecular weight is 178 g/mol. The number of hydrogen-bond donors (Lipinski definition) is 1. The maximum atomic E-state index is 12.8. The van der Waals surface area contributed by atoms with Crippen LogP contribution in [0.1, 0.15) is 12.8 Å². The van der Waals surface area contributed by atoms with Crippen LogP contribution >= 0.6 is 11.8 Å². The summed E-state index contributed by atoms with van der Waals surface area (Å²) >= 11 is 1.57. The minimum Gasteiger partial charge on any atom is -0.481 e. The van der Waals surface area contributed by atoms with E-state index in [1.54, 1.807) is 11.8 Å². The van der Waals surface area contributed by atoms with E-state index in [4.69, 9.17) is 5.11 Å². The Hall–Kier alpha value is -0.250. The van der Waals surface area contributed by atoms with Crippen molar-refractivity contribution in [3.63, 3.8) is 0 Å². The second-order valence-electron chi connectivity index (χ2n) is 2.75. The Balaban J connectivity index is 2.20. The minimum atomic E-state index is -0.825. The zero-order valence-electron chi connectivity index (χ0n) is 6.12. The van der Waals surface area contributed by atoms with Gasteiger partial charge in [-0.2, -0.15) is 11.8 Å². The molecule has 1 rings (SSSR count). The predicted molar refractivity (Wildman–Crippen MR) is 42.6 cm³/mol. The second kappa shape index (κ2) is 3.95. The van der Waals surface area contributed by atoms with E-state index in [1.807, 2.05) is 0 Å². The van der Waals surface area contributed by atoms with Gasteiger partial charge in [-0.3, -0.25) is 4.79 Å². The van der Waals surface area contributed by atoms with Gasteiger partial charge in [0.2, 0.25) is 0 Å². The summed E-state index contributed by atoms with van der Waals surface area (Å²) in [6.45, 7) is 0. The van der Waals surface area contributed by atoms with Gasteiger partial charge in [-0.1, -0.05) is 0 Å². The maximum Gasteiger partial charge on any atom is 0.303 e. The van der Waals surface area contributed by atoms with Crippen molar-refractivity contribution >= 4 is 17.7 Å². The summed E-state index contributed by atoms with van der Waals surface area (Å²) in [6, 6.07) is 0. The molecule has 0 aromatic carbocycles. The predicted octanol–water partition coefficient (Wildman–Crippen LogP) is 1.55. The lowest BCUT2D eigenvalue weighted by Gasteiger charge is -2.08. The normalized spacial score (nSPS) is 30.6. The maximum absolute atomic E-state index is 12.8. The van der Waals surface area contributed by atoms with Crippen molar-refractivity contribution in [2.45, 2.75) is 19.0 Å². The molecule has 0 radical (unpaired) electrons. The first-order valence-corrected chi connectivity index (χ1v) is 4.79. The third-order valence-electron chi connectivity index (χ3n) is 1.85. The monoisotopic (exact) mass is 178 g/mol. The molecule has 1 fully saturated rings. The summed E-state index contributed by atoms with van der Waals surface area (Å²) in [6.07, 6.45) is -0.186. The zero-order valence-corrected chi connectivity index (χ0v) is 6.94. The molecule has 1 aliphatic heterocycles. The van der Waals surface area contributed by atoms with Gasteiger partial charge in [0.1, 0.15) is 6.17 Å². The van der Waals surface area contributed by atoms with Gasteiger partial charge in [-0.05, 0) is 12.2 Å². The van der Waals surface area contributed by atoms with E-state index in [-0.39, 0.29) is 12.3 Å². The molecule has 2 atom stereocenters. The van der Waals surface area contributed by atoms with E-state index in [1.165, 1.54) is 0 Å². The van der Waals surface area contributed by atoms with Crippen molar-refractivity contribution in [2.24, 2.45) is 5.92 Å². The molecule has 1 N–H and O–H groups in total. The van der Waals surface area contributed by atoms with E-state index in [2.05, 4.69) is 0 Å². The van der Waals surface area contributed by atoms with Crippen LogP contribution in [0.4, 0.5) is 4.39 Å². The summed E-state index contributed by atoms with van der Waals surface area (Å²) in [5.41, 5.74) is 0. The first-order chi connectivity index (χ1) is 5.20. The third kappa shape index (κ3) is 2.69. The average Bonchev–Trinajstić information content (AvgIpc) is 2.31. The molecule has 4 heteroatoms. The number of thioether (sulfide) groups is 1. The molecule has 1 saturated heterocycles. The van der Waals surface area contributed by atoms with Gasteiger partial charge in [-0.15, -0.1) is 0 Å². The van der Waals surface area contributed by atoms with Crippen LogP contribution in [0.5, 0.6) is 0 Å². The molecule has 0 aromatic rings. The lowest BCUT2D eigenvalue weighted by atomic mass is 10.0. The largest absolute Gasteiger partial charge is 0.481 e. The highest BCUT2D eigenvalue weighted by Gasteiger charge is 2.27. The van der Waals surface area contributed by atoms with Crippen LogP contribution in [0, 0.1) is 5.92 Å². The summed E-state index contributed by atoms with van der Waals surface area (Å²) < 4.78 is 12.8. The van der Waals surface area contributed by atoms with Crippen molar-refractivity contribution < 1.29 is 14.3 Å². The highest BCUT2D eigenvalue weighted by atomic mass is 32.2. The quantitative estimate of drug-likeness (QED) is 0.712. The number of hydrogen-bond acceptors (Lipinski definition) is 2. The van der Waals surface area contributed by atoms with Gasteiger partial charge < -0.3 is 5.11 Å². The molecule has 0 amide bonds. The molecule has 0 spiro atoms. The van der Waals surface area contributed by atoms with Crippen LogP contribution in [0.25, 0.3) is 0 Å². The number of alkyl halides is 1. The topological polar surface area (TPSA) is 37.3 Å². The Morgan fingerprint density at radius 3 is 2.82 bits per heavy atom. The van der Waals surface area contributed by atoms with E-state index in [0.717, 1.165) is 5.75 Å². The smallest absolute Gasteiger partial charge is 0.303 e. The first-order valence-electron chi connectivity index (χ1n) is 3.63. The number of carboxylic acids is 1. The van der Waals surface area contributed by atoms with E-state index in [0.29, 0.717) is 12.2 Å². The van der Waals surface area contributed by atoms with Gasteiger partial charge in [-0.25, -0.2) is 4.39 Å². The van der Waals surface area contributed by atoms with Gasteiger partial charge in [0.15, 0.2) is 0 Å². The number of halogens is 1. The molecule has 0 aliphatic carbocycles. The van der Waals surface area contributed by atoms with Crippen LogP contribution in [0.2, 0.25) is 0 Å². The molecule has 2 nitrogen and oxygen atoms in total. The van der Waals surface area contributed by atoms with E-state index >= 15 is 0 Å². The van der Waals surface area contributed by atoms with Crippen molar-refractivity contribution in [3.8, 4) is 0 Å². The summed E-state index contributed by atoms with van der Waals surface area (Å²) in [4.78, 5) is 10.1. The summed E-state index contributed by atoms with van der Waals surface area (Å²) in [7, 11) is 0. The molecular formula is C7H11FO2S. The molecule has 1 aliphatic rings. The Kier molecular flexibility index (Phi) is 3.17. The van der Waals surface area contributed by atoms with Crippen molar-refractivity contribution in [1.82, 2.24) is 0 Å². The van der Waals surface area contributed by atoms with Crippen LogP contribution in [-0.2, 0) is 4.79 Å². The molecule has 0 bridgehead atoms. The number of aliphatic carboxylic acids is 1. The van der Waals surface area contributed by atoms with Gasteiger partial charge in [0, 0.05) is 18.1 Å². The highest BCUT2D eigenvalue weighted by molar-refractivity contribution is 7.99. The number of rotatable bonds is 3. The van der Waals surface area contributed by atoms with Crippen LogP contribution in [-0.4, -0.2) is 28.8 Å². The number of carboxylic acid groups (broad SMARTS) is 1. The van der Waals surface area contributed by atoms with Crippen molar-refractivity contribution in [2.75, 3.05) is 11.5 Å². The van der Waals surface area contributed by atoms with Crippen LogP contribution in [0.3, 0.4) is 0 Å². The van der Waals surface area contributed by atoms with Crippen molar-refractivity contribution in [1.29, 1.82) is 0 Å². The fraction of sp³-hybridized carbons (Fsp3) is 0.857. The molecule has 0 saturated carbocycles. The minimum absolute atomic E-state index is 0.0175. The first kappa shape index (κ1) is 8.84. The summed E-state index contributed by atoms with van der Waals surface area (Å²) in [5, 5.41) is 8.33. The van der Waals surface area contributed by atoms with Crippen molar-refractivity contribution in [3.05, 3.63) is 0 Å². The Labute approximate surface area is 69.2 Å². The standard InChI is InChI=1S/C7H11FO2S/c8-6-4-11-3-5(6)1-2-7(9)10/h5-6H,1-4H2,(H,9,10). The van der Waals surface area contributed by atoms with Crippen LogP contribution < -0.4 is 0 Å². The molecule has 11 heavy (non-hydrogen) atoms. The SMILES string of the molecule is O=C(O)CCC1CSCC1F. The fourth-order valence-electron chi connectivity index (χ4n) is 1.15. The Morgan fingerprint density at radius 1 is 1.64 bits per heavy atom. The molecule has 1 heterocycles. The Bertz CT molecular complexity index is 151. The lowest BCUT2D eigenvalue weighted by Crippen LogP contribution is -2.14. The van der Waals surface area contributed by atoms with Gasteiger partial charge in [0.05, 0.1) is 0 Å². The zero-order chi connectivity index (χ0) is 8.27. The molecular weight excluding hydrogens is 167 g/mol. The van der Waals surface area contributed by atoms with Crippen LogP contribution in [0.15, 0.2) is 0 Å². The summed E-state index contributed by atoms with van der Waals surface area (Å²) in [5.74, 6) is 0.490. The lowest BCUT2D eigenvalue weighted by molar-refractivity contribution is -0.137. The second-order valence-corrected chi connectivity index (χ2v) is 3.82. The third-order valence-corrected chi connectivity index (χ3v) is 3.07.